The normalized spacial score (nSPS) is 10.9. The van der Waals surface area contributed by atoms with Crippen molar-refractivity contribution < 1.29 is 24.0 Å². The van der Waals surface area contributed by atoms with Crippen molar-refractivity contribution in [1.82, 2.24) is 5.43 Å². The number of fused-ring (bicyclic) bond motifs is 1. The van der Waals surface area contributed by atoms with Gasteiger partial charge in [0.1, 0.15) is 5.75 Å². The molecule has 0 saturated heterocycles. The highest BCUT2D eigenvalue weighted by Crippen LogP contribution is 2.29. The van der Waals surface area contributed by atoms with Crippen molar-refractivity contribution in [3.05, 3.63) is 66.6 Å². The van der Waals surface area contributed by atoms with Crippen LogP contribution in [-0.4, -0.2) is 36.7 Å². The molecule has 0 aliphatic heterocycles. The Hall–Kier alpha value is -3.06. The zero-order valence-electron chi connectivity index (χ0n) is 15.5. The summed E-state index contributed by atoms with van der Waals surface area (Å²) < 4.78 is 11.4. The number of halogens is 1. The Morgan fingerprint density at radius 3 is 2.77 bits per heavy atom. The number of ether oxygens (including phenoxy) is 2. The second-order valence-electron chi connectivity index (χ2n) is 5.84. The van der Waals surface area contributed by atoms with Gasteiger partial charge in [0.05, 0.1) is 26.7 Å². The minimum absolute atomic E-state index is 0.0288. The number of hydrogen-bond donors (Lipinski definition) is 1. The number of nitrogens with zero attached hydrogens (tertiary/aromatic N) is 2. The highest BCUT2D eigenvalue weighted by molar-refractivity contribution is 14.1. The summed E-state index contributed by atoms with van der Waals surface area (Å²) in [6, 6.07) is 11.2. The minimum atomic E-state index is -0.478. The summed E-state index contributed by atoms with van der Waals surface area (Å²) >= 11 is 3.28. The van der Waals surface area contributed by atoms with Crippen LogP contribution in [0.1, 0.15) is 15.2 Å². The Bertz CT molecular complexity index is 1160. The van der Waals surface area contributed by atoms with Crippen molar-refractivity contribution in [3.8, 4) is 5.75 Å². The number of carbonyl (C=O) groups is 2. The molecule has 1 N–H and O–H groups in total. The van der Waals surface area contributed by atoms with Gasteiger partial charge in [-0.1, -0.05) is 0 Å². The topological polar surface area (TPSA) is 120 Å². The van der Waals surface area contributed by atoms with Crippen LogP contribution in [0.4, 0.5) is 5.69 Å². The molecule has 1 aromatic heterocycles. The summed E-state index contributed by atoms with van der Waals surface area (Å²) in [5.41, 5.74) is 3.13. The highest BCUT2D eigenvalue weighted by Gasteiger charge is 2.13. The van der Waals surface area contributed by atoms with E-state index in [9.17, 15) is 19.7 Å². The number of methoxy groups -OCH3 is 1. The number of benzene rings is 2. The Labute approximate surface area is 188 Å². The monoisotopic (exact) mass is 539 g/mol. The van der Waals surface area contributed by atoms with Gasteiger partial charge in [0.15, 0.2) is 6.61 Å². The molecule has 0 aliphatic rings. The van der Waals surface area contributed by atoms with Gasteiger partial charge in [-0.2, -0.15) is 5.10 Å². The molecule has 0 fully saturated rings. The number of non-ortho nitro benzene ring substituents is 1. The molecule has 0 saturated carbocycles. The number of nitro groups is 1. The largest absolute Gasteiger partial charge is 0.481 e. The second kappa shape index (κ2) is 9.63. The summed E-state index contributed by atoms with van der Waals surface area (Å²) in [6.07, 6.45) is 1.47. The molecule has 0 atom stereocenters. The number of rotatable bonds is 7. The molecule has 0 spiro atoms. The maximum Gasteiger partial charge on any atom is 0.343 e. The fraction of sp³-hybridized carbons (Fsp3) is 0.105. The van der Waals surface area contributed by atoms with Crippen molar-refractivity contribution in [2.45, 2.75) is 0 Å². The fourth-order valence-corrected chi connectivity index (χ4v) is 4.01. The minimum Gasteiger partial charge on any atom is -0.481 e. The number of amides is 1. The third-order valence-corrected chi connectivity index (χ3v) is 5.80. The zero-order valence-corrected chi connectivity index (χ0v) is 18.4. The van der Waals surface area contributed by atoms with Crippen LogP contribution in [0.3, 0.4) is 0 Å². The molecule has 1 amide bonds. The quantitative estimate of drug-likeness (QED) is 0.161. The maximum absolute atomic E-state index is 12.3. The molecule has 3 rings (SSSR count). The van der Waals surface area contributed by atoms with Gasteiger partial charge in [-0.05, 0) is 58.5 Å². The van der Waals surface area contributed by atoms with Crippen molar-refractivity contribution >= 4 is 67.8 Å². The van der Waals surface area contributed by atoms with Crippen LogP contribution in [0.15, 0.2) is 47.6 Å². The van der Waals surface area contributed by atoms with E-state index in [0.717, 1.165) is 13.8 Å². The molecule has 0 bridgehead atoms. The second-order valence-corrected chi connectivity index (χ2v) is 8.09. The summed E-state index contributed by atoms with van der Waals surface area (Å²) in [5.74, 6) is -0.362. The van der Waals surface area contributed by atoms with Gasteiger partial charge in [-0.15, -0.1) is 11.3 Å². The summed E-state index contributed by atoms with van der Waals surface area (Å²) in [6.45, 7) is -0.186. The van der Waals surface area contributed by atoms with E-state index in [2.05, 4.69) is 37.9 Å². The third-order valence-electron chi connectivity index (χ3n) is 3.84. The number of carbonyl (C=O) groups excluding carboxylic acids is 2. The van der Waals surface area contributed by atoms with Gasteiger partial charge < -0.3 is 9.47 Å². The Morgan fingerprint density at radius 2 is 2.07 bits per heavy atom. The molecular weight excluding hydrogens is 525 g/mol. The summed E-state index contributed by atoms with van der Waals surface area (Å²) in [4.78, 5) is 34.2. The van der Waals surface area contributed by atoms with Crippen molar-refractivity contribution in [2.24, 2.45) is 5.10 Å². The van der Waals surface area contributed by atoms with Crippen LogP contribution >= 0.6 is 33.9 Å². The van der Waals surface area contributed by atoms with Crippen LogP contribution in [-0.2, 0) is 9.53 Å². The zero-order chi connectivity index (χ0) is 21.7. The first kappa shape index (κ1) is 21.6. The highest BCUT2D eigenvalue weighted by atomic mass is 127. The van der Waals surface area contributed by atoms with Crippen LogP contribution in [0.5, 0.6) is 5.75 Å². The number of hydrogen-bond acceptors (Lipinski definition) is 8. The number of esters is 1. The first-order chi connectivity index (χ1) is 14.4. The molecule has 30 heavy (non-hydrogen) atoms. The number of thiophene rings is 1. The first-order valence-electron chi connectivity index (χ1n) is 8.38. The number of hydrazone groups is 1. The van der Waals surface area contributed by atoms with E-state index in [4.69, 9.17) is 4.74 Å². The molecule has 2 aromatic carbocycles. The predicted octanol–water partition coefficient (Wildman–Crippen LogP) is 3.73. The molecule has 0 aliphatic carbocycles. The lowest BCUT2D eigenvalue weighted by molar-refractivity contribution is -0.384. The van der Waals surface area contributed by atoms with Gasteiger partial charge in [-0.3, -0.25) is 14.9 Å². The lowest BCUT2D eigenvalue weighted by Crippen LogP contribution is -2.16. The summed E-state index contributed by atoms with van der Waals surface area (Å²) in [7, 11) is 1.28. The van der Waals surface area contributed by atoms with E-state index in [1.165, 1.54) is 36.8 Å². The molecule has 11 heteroatoms. The van der Waals surface area contributed by atoms with Gasteiger partial charge in [0.25, 0.3) is 11.6 Å². The first-order valence-corrected chi connectivity index (χ1v) is 10.3. The maximum atomic E-state index is 12.3. The SMILES string of the molecule is COC(=O)COc1ccc(/C=N\NC(=O)c2cc3cc([N+](=O)[O-])ccc3s2)cc1I. The van der Waals surface area contributed by atoms with Gasteiger partial charge >= 0.3 is 5.97 Å². The predicted molar refractivity (Wildman–Crippen MR) is 120 cm³/mol. The fourth-order valence-electron chi connectivity index (χ4n) is 2.39. The van der Waals surface area contributed by atoms with E-state index in [1.807, 2.05) is 0 Å². The van der Waals surface area contributed by atoms with Crippen LogP contribution in [0.2, 0.25) is 0 Å². The van der Waals surface area contributed by atoms with Gasteiger partial charge in [0, 0.05) is 22.2 Å². The van der Waals surface area contributed by atoms with E-state index < -0.39 is 16.8 Å². The molecule has 0 unspecified atom stereocenters. The van der Waals surface area contributed by atoms with Crippen LogP contribution in [0.25, 0.3) is 10.1 Å². The van der Waals surface area contributed by atoms with Crippen molar-refractivity contribution in [3.63, 3.8) is 0 Å². The number of nitro benzene ring substituents is 1. The number of nitrogens with one attached hydrogen (secondary N) is 1. The molecule has 154 valence electrons. The van der Waals surface area contributed by atoms with E-state index in [1.54, 1.807) is 30.3 Å². The summed E-state index contributed by atoms with van der Waals surface area (Å²) in [5, 5.41) is 15.4. The molecule has 1 heterocycles. The average Bonchev–Trinajstić information content (AvgIpc) is 3.16. The molecule has 9 nitrogen and oxygen atoms in total. The Kier molecular flexibility index (Phi) is 6.95. The third kappa shape index (κ3) is 5.30. The smallest absolute Gasteiger partial charge is 0.343 e. The lowest BCUT2D eigenvalue weighted by Gasteiger charge is -2.07. The molecular formula is C19H14IN3O6S. The van der Waals surface area contributed by atoms with Crippen molar-refractivity contribution in [1.29, 1.82) is 0 Å². The van der Waals surface area contributed by atoms with Crippen molar-refractivity contribution in [2.75, 3.05) is 13.7 Å². The van der Waals surface area contributed by atoms with E-state index in [-0.39, 0.29) is 12.3 Å². The molecule has 3 aromatic rings. The van der Waals surface area contributed by atoms with Gasteiger partial charge in [0.2, 0.25) is 0 Å². The average molecular weight is 539 g/mol. The molecule has 0 radical (unpaired) electrons. The van der Waals surface area contributed by atoms with Crippen LogP contribution < -0.4 is 10.2 Å². The Morgan fingerprint density at radius 1 is 1.27 bits per heavy atom. The lowest BCUT2D eigenvalue weighted by atomic mass is 10.2. The van der Waals surface area contributed by atoms with Crippen LogP contribution in [0, 0.1) is 13.7 Å². The standard InChI is InChI=1S/C19H14IN3O6S/c1-28-18(24)10-29-15-4-2-11(6-14(15)20)9-21-22-19(25)17-8-12-7-13(23(26)27)3-5-16(12)30-17/h2-9H,10H2,1H3,(H,22,25)/b21-9-. The van der Waals surface area contributed by atoms with E-state index >= 15 is 0 Å². The Balaban J connectivity index is 1.64. The van der Waals surface area contributed by atoms with Gasteiger partial charge in [-0.25, -0.2) is 10.2 Å². The van der Waals surface area contributed by atoms with E-state index in [0.29, 0.717) is 16.0 Å².